The van der Waals surface area contributed by atoms with Crippen molar-refractivity contribution in [1.29, 1.82) is 0 Å². The molecular weight excluding hydrogens is 427 g/mol. The number of aromatic nitrogens is 3. The highest BCUT2D eigenvalue weighted by molar-refractivity contribution is 7.98. The average molecular weight is 449 g/mol. The van der Waals surface area contributed by atoms with E-state index in [4.69, 9.17) is 10.6 Å². The van der Waals surface area contributed by atoms with Gasteiger partial charge >= 0.3 is 0 Å². The van der Waals surface area contributed by atoms with Crippen LogP contribution in [0.1, 0.15) is 16.7 Å². The molecule has 4 aromatic rings. The second kappa shape index (κ2) is 10.5. The molecule has 0 radical (unpaired) electrons. The fourth-order valence-electron chi connectivity index (χ4n) is 2.79. The van der Waals surface area contributed by atoms with E-state index in [1.165, 1.54) is 28.6 Å². The lowest BCUT2D eigenvalue weighted by Gasteiger charge is -2.09. The second-order valence-electron chi connectivity index (χ2n) is 6.77. The molecule has 0 bridgehead atoms. The standard InChI is InChI=1S/C23H21FN6OS/c24-20-12-10-18(11-13-20)16-32-23-29-28-22(30(23)25)27-26-14-19-8-4-5-9-21(19)31-15-17-6-2-1-3-7-17/h1-14H,15-16,25H2,(H,27,28)/b26-14+. The molecule has 162 valence electrons. The maximum Gasteiger partial charge on any atom is 0.264 e. The van der Waals surface area contributed by atoms with Gasteiger partial charge in [-0.1, -0.05) is 66.4 Å². The number of halogens is 1. The first-order valence-corrected chi connectivity index (χ1v) is 10.8. The molecule has 3 aromatic carbocycles. The van der Waals surface area contributed by atoms with Gasteiger partial charge in [-0.3, -0.25) is 0 Å². The Morgan fingerprint density at radius 1 is 0.969 bits per heavy atom. The van der Waals surface area contributed by atoms with E-state index in [9.17, 15) is 4.39 Å². The van der Waals surface area contributed by atoms with Gasteiger partial charge in [0.15, 0.2) is 0 Å². The van der Waals surface area contributed by atoms with Gasteiger partial charge in [-0.25, -0.2) is 14.5 Å². The van der Waals surface area contributed by atoms with Crippen LogP contribution in [0.15, 0.2) is 89.1 Å². The number of thioether (sulfide) groups is 1. The summed E-state index contributed by atoms with van der Waals surface area (Å²) in [4.78, 5) is 0. The molecule has 0 amide bonds. The van der Waals surface area contributed by atoms with Gasteiger partial charge in [-0.05, 0) is 35.4 Å². The number of hydrogen-bond acceptors (Lipinski definition) is 7. The Bertz CT molecular complexity index is 1180. The van der Waals surface area contributed by atoms with Gasteiger partial charge in [0.2, 0.25) is 5.16 Å². The van der Waals surface area contributed by atoms with Crippen LogP contribution in [0.2, 0.25) is 0 Å². The fraction of sp³-hybridized carbons (Fsp3) is 0.0870. The molecule has 0 spiro atoms. The summed E-state index contributed by atoms with van der Waals surface area (Å²) in [6, 6.07) is 23.9. The average Bonchev–Trinajstić information content (AvgIpc) is 3.18. The van der Waals surface area contributed by atoms with Crippen molar-refractivity contribution in [3.8, 4) is 5.75 Å². The lowest BCUT2D eigenvalue weighted by atomic mass is 10.2. The Kier molecular flexibility index (Phi) is 6.98. The van der Waals surface area contributed by atoms with Gasteiger partial charge in [0.05, 0.1) is 6.21 Å². The molecule has 9 heteroatoms. The number of anilines is 1. The zero-order valence-corrected chi connectivity index (χ0v) is 17.9. The lowest BCUT2D eigenvalue weighted by Crippen LogP contribution is -2.13. The zero-order valence-electron chi connectivity index (χ0n) is 17.1. The molecule has 0 fully saturated rings. The van der Waals surface area contributed by atoms with Crippen LogP contribution < -0.4 is 16.0 Å². The van der Waals surface area contributed by atoms with E-state index in [2.05, 4.69) is 20.7 Å². The van der Waals surface area contributed by atoms with E-state index in [0.29, 0.717) is 29.2 Å². The van der Waals surface area contributed by atoms with Crippen LogP contribution in [0.5, 0.6) is 5.75 Å². The van der Waals surface area contributed by atoms with Crippen molar-refractivity contribution in [3.05, 3.63) is 101 Å². The van der Waals surface area contributed by atoms with Gasteiger partial charge in [0.1, 0.15) is 18.2 Å². The number of rotatable bonds is 9. The van der Waals surface area contributed by atoms with Crippen LogP contribution in [0.4, 0.5) is 10.3 Å². The number of nitrogen functional groups attached to an aromatic ring is 1. The summed E-state index contributed by atoms with van der Waals surface area (Å²) >= 11 is 1.39. The highest BCUT2D eigenvalue weighted by atomic mass is 32.2. The van der Waals surface area contributed by atoms with E-state index in [-0.39, 0.29) is 5.82 Å². The Labute approximate surface area is 189 Å². The fourth-order valence-corrected chi connectivity index (χ4v) is 3.61. The van der Waals surface area contributed by atoms with E-state index in [0.717, 1.165) is 16.7 Å². The highest BCUT2D eigenvalue weighted by Crippen LogP contribution is 2.22. The maximum absolute atomic E-state index is 13.0. The highest BCUT2D eigenvalue weighted by Gasteiger charge is 2.10. The maximum atomic E-state index is 13.0. The molecule has 0 saturated heterocycles. The van der Waals surface area contributed by atoms with Crippen LogP contribution in [-0.4, -0.2) is 21.1 Å². The Hall–Kier alpha value is -3.85. The summed E-state index contributed by atoms with van der Waals surface area (Å²) in [7, 11) is 0. The molecule has 0 aliphatic heterocycles. The second-order valence-corrected chi connectivity index (χ2v) is 7.72. The molecule has 1 aromatic heterocycles. The van der Waals surface area contributed by atoms with Crippen molar-refractivity contribution in [1.82, 2.24) is 14.9 Å². The van der Waals surface area contributed by atoms with Gasteiger partial charge in [-0.15, -0.1) is 10.2 Å². The van der Waals surface area contributed by atoms with Crippen molar-refractivity contribution in [2.24, 2.45) is 5.10 Å². The Morgan fingerprint density at radius 2 is 1.72 bits per heavy atom. The molecule has 0 atom stereocenters. The summed E-state index contributed by atoms with van der Waals surface area (Å²) in [5, 5.41) is 12.8. The van der Waals surface area contributed by atoms with Crippen LogP contribution in [-0.2, 0) is 12.4 Å². The van der Waals surface area contributed by atoms with E-state index in [1.807, 2.05) is 54.6 Å². The predicted molar refractivity (Wildman–Crippen MR) is 125 cm³/mol. The normalized spacial score (nSPS) is 11.0. The third kappa shape index (κ3) is 5.64. The van der Waals surface area contributed by atoms with E-state index < -0.39 is 0 Å². The SMILES string of the molecule is Nn1c(N/N=C/c2ccccc2OCc2ccccc2)nnc1SCc1ccc(F)cc1. The minimum Gasteiger partial charge on any atom is -0.488 e. The molecule has 7 nitrogen and oxygen atoms in total. The summed E-state index contributed by atoms with van der Waals surface area (Å²) in [5.74, 6) is 7.40. The summed E-state index contributed by atoms with van der Waals surface area (Å²) in [6.45, 7) is 0.463. The number of para-hydroxylation sites is 1. The smallest absolute Gasteiger partial charge is 0.264 e. The van der Waals surface area contributed by atoms with Gasteiger partial charge in [-0.2, -0.15) is 5.10 Å². The first-order valence-electron chi connectivity index (χ1n) is 9.81. The van der Waals surface area contributed by atoms with Crippen molar-refractivity contribution in [2.45, 2.75) is 17.5 Å². The summed E-state index contributed by atoms with van der Waals surface area (Å²) < 4.78 is 20.3. The number of nitrogens with two attached hydrogens (primary N) is 1. The molecule has 4 rings (SSSR count). The number of ether oxygens (including phenoxy) is 1. The van der Waals surface area contributed by atoms with Crippen LogP contribution >= 0.6 is 11.8 Å². The third-order valence-corrected chi connectivity index (χ3v) is 5.48. The largest absolute Gasteiger partial charge is 0.488 e. The molecule has 0 aliphatic rings. The van der Waals surface area contributed by atoms with Crippen molar-refractivity contribution < 1.29 is 9.13 Å². The molecule has 3 N–H and O–H groups in total. The van der Waals surface area contributed by atoms with E-state index in [1.54, 1.807) is 18.3 Å². The number of hydrazone groups is 1. The van der Waals surface area contributed by atoms with Crippen molar-refractivity contribution >= 4 is 23.9 Å². The van der Waals surface area contributed by atoms with Crippen molar-refractivity contribution in [3.63, 3.8) is 0 Å². The van der Waals surface area contributed by atoms with Gasteiger partial charge in [0, 0.05) is 11.3 Å². The predicted octanol–water partition coefficient (Wildman–Crippen LogP) is 4.45. The number of nitrogens with zero attached hydrogens (tertiary/aromatic N) is 4. The summed E-state index contributed by atoms with van der Waals surface area (Å²) in [5.41, 5.74) is 5.65. The van der Waals surface area contributed by atoms with Crippen LogP contribution in [0.25, 0.3) is 0 Å². The topological polar surface area (TPSA) is 90.3 Å². The minimum atomic E-state index is -0.267. The lowest BCUT2D eigenvalue weighted by molar-refractivity contribution is 0.306. The minimum absolute atomic E-state index is 0.267. The monoisotopic (exact) mass is 448 g/mol. The third-order valence-electron chi connectivity index (χ3n) is 4.47. The quantitative estimate of drug-likeness (QED) is 0.170. The van der Waals surface area contributed by atoms with Crippen LogP contribution in [0.3, 0.4) is 0 Å². The molecule has 0 unspecified atom stereocenters. The number of hydrogen-bond donors (Lipinski definition) is 2. The van der Waals surface area contributed by atoms with Gasteiger partial charge < -0.3 is 10.6 Å². The molecule has 0 saturated carbocycles. The zero-order chi connectivity index (χ0) is 22.2. The molecule has 0 aliphatic carbocycles. The van der Waals surface area contributed by atoms with Gasteiger partial charge in [0.25, 0.3) is 5.95 Å². The Balaban J connectivity index is 1.35. The number of nitrogens with one attached hydrogen (secondary N) is 1. The van der Waals surface area contributed by atoms with Crippen molar-refractivity contribution in [2.75, 3.05) is 11.3 Å². The molecule has 1 heterocycles. The molecule has 32 heavy (non-hydrogen) atoms. The summed E-state index contributed by atoms with van der Waals surface area (Å²) in [6.07, 6.45) is 1.64. The Morgan fingerprint density at radius 3 is 2.53 bits per heavy atom. The molecular formula is C23H21FN6OS. The first kappa shape index (κ1) is 21.4. The first-order chi connectivity index (χ1) is 15.7. The van der Waals surface area contributed by atoms with E-state index >= 15 is 0 Å². The van der Waals surface area contributed by atoms with Crippen LogP contribution in [0, 0.1) is 5.82 Å². The number of benzene rings is 3.